The Labute approximate surface area is 160 Å². The van der Waals surface area contributed by atoms with Crippen molar-refractivity contribution < 1.29 is 23.9 Å². The fourth-order valence-electron chi connectivity index (χ4n) is 2.94. The van der Waals surface area contributed by atoms with Gasteiger partial charge < -0.3 is 19.7 Å². The van der Waals surface area contributed by atoms with E-state index in [4.69, 9.17) is 9.47 Å². The maximum Gasteiger partial charge on any atom is 0.408 e. The first-order chi connectivity index (χ1) is 13.0. The molecule has 0 saturated carbocycles. The molecule has 0 bridgehead atoms. The predicted molar refractivity (Wildman–Crippen MR) is 99.8 cm³/mol. The SMILES string of the molecule is CCCCOC(=O)[C@@H]1CCCN1C(=O)[C@H](C)NC(=O)OCc1ccccc1. The molecule has 2 amide bonds. The van der Waals surface area contributed by atoms with Gasteiger partial charge in [0.2, 0.25) is 5.91 Å². The molecular formula is C20H28N2O5. The summed E-state index contributed by atoms with van der Waals surface area (Å²) in [5.74, 6) is -0.672. The maximum atomic E-state index is 12.6. The molecule has 1 fully saturated rings. The molecule has 1 N–H and O–H groups in total. The van der Waals surface area contributed by atoms with E-state index in [0.29, 0.717) is 19.6 Å². The average molecular weight is 376 g/mol. The molecular weight excluding hydrogens is 348 g/mol. The highest BCUT2D eigenvalue weighted by Gasteiger charge is 2.37. The molecule has 0 radical (unpaired) electrons. The molecule has 7 nitrogen and oxygen atoms in total. The van der Waals surface area contributed by atoms with Gasteiger partial charge in [-0.05, 0) is 31.7 Å². The first-order valence-corrected chi connectivity index (χ1v) is 9.47. The smallest absolute Gasteiger partial charge is 0.408 e. The lowest BCUT2D eigenvalue weighted by molar-refractivity contribution is -0.153. The number of ether oxygens (including phenoxy) is 2. The lowest BCUT2D eigenvalue weighted by atomic mass is 10.2. The van der Waals surface area contributed by atoms with E-state index in [0.717, 1.165) is 24.8 Å². The second kappa shape index (κ2) is 10.5. The van der Waals surface area contributed by atoms with E-state index in [-0.39, 0.29) is 18.5 Å². The Morgan fingerprint density at radius 1 is 1.22 bits per heavy atom. The minimum absolute atomic E-state index is 0.129. The molecule has 0 aromatic heterocycles. The summed E-state index contributed by atoms with van der Waals surface area (Å²) < 4.78 is 10.4. The number of rotatable bonds is 8. The van der Waals surface area contributed by atoms with Crippen molar-refractivity contribution in [2.75, 3.05) is 13.2 Å². The van der Waals surface area contributed by atoms with Gasteiger partial charge in [-0.25, -0.2) is 9.59 Å². The maximum absolute atomic E-state index is 12.6. The van der Waals surface area contributed by atoms with E-state index in [1.165, 1.54) is 4.90 Å². The standard InChI is InChI=1S/C20H28N2O5/c1-3-4-13-26-19(24)17-11-8-12-22(17)18(23)15(2)21-20(25)27-14-16-9-6-5-7-10-16/h5-7,9-10,15,17H,3-4,8,11-14H2,1-2H3,(H,21,25)/t15-,17-/m0/s1. The number of hydrogen-bond donors (Lipinski definition) is 1. The number of carbonyl (C=O) groups is 3. The highest BCUT2D eigenvalue weighted by atomic mass is 16.5. The molecule has 1 aromatic carbocycles. The first kappa shape index (κ1) is 20.7. The van der Waals surface area contributed by atoms with Crippen LogP contribution in [0.2, 0.25) is 0 Å². The quantitative estimate of drug-likeness (QED) is 0.557. The number of hydrogen-bond acceptors (Lipinski definition) is 5. The van der Waals surface area contributed by atoms with Crippen molar-refractivity contribution in [2.45, 2.75) is 58.2 Å². The van der Waals surface area contributed by atoms with Crippen molar-refractivity contribution in [1.82, 2.24) is 10.2 Å². The minimum Gasteiger partial charge on any atom is -0.464 e. The number of alkyl carbamates (subject to hydrolysis) is 1. The molecule has 1 aliphatic rings. The molecule has 27 heavy (non-hydrogen) atoms. The molecule has 2 rings (SSSR count). The third-order valence-corrected chi connectivity index (χ3v) is 4.47. The Morgan fingerprint density at radius 3 is 2.67 bits per heavy atom. The van der Waals surface area contributed by atoms with E-state index in [1.54, 1.807) is 6.92 Å². The van der Waals surface area contributed by atoms with Crippen LogP contribution in [0.4, 0.5) is 4.79 Å². The second-order valence-electron chi connectivity index (χ2n) is 6.64. The molecule has 148 valence electrons. The summed E-state index contributed by atoms with van der Waals surface area (Å²) in [5.41, 5.74) is 0.862. The monoisotopic (exact) mass is 376 g/mol. The van der Waals surface area contributed by atoms with Crippen molar-refractivity contribution in [3.8, 4) is 0 Å². The molecule has 0 aliphatic carbocycles. The number of nitrogens with one attached hydrogen (secondary N) is 1. The summed E-state index contributed by atoms with van der Waals surface area (Å²) in [6, 6.07) is 7.94. The number of amides is 2. The van der Waals surface area contributed by atoms with Crippen molar-refractivity contribution in [3.05, 3.63) is 35.9 Å². The number of likely N-dealkylation sites (tertiary alicyclic amines) is 1. The topological polar surface area (TPSA) is 84.9 Å². The van der Waals surface area contributed by atoms with Crippen molar-refractivity contribution in [1.29, 1.82) is 0 Å². The zero-order chi connectivity index (χ0) is 19.6. The minimum atomic E-state index is -0.780. The van der Waals surface area contributed by atoms with E-state index in [1.807, 2.05) is 37.3 Å². The van der Waals surface area contributed by atoms with Crippen LogP contribution in [-0.4, -0.2) is 48.1 Å². The van der Waals surface area contributed by atoms with E-state index < -0.39 is 18.2 Å². The van der Waals surface area contributed by atoms with Gasteiger partial charge in [0.1, 0.15) is 18.7 Å². The Kier molecular flexibility index (Phi) is 8.10. The van der Waals surface area contributed by atoms with Crippen molar-refractivity contribution in [2.24, 2.45) is 0 Å². The molecule has 1 heterocycles. The first-order valence-electron chi connectivity index (χ1n) is 9.47. The van der Waals surface area contributed by atoms with Gasteiger partial charge in [0, 0.05) is 6.54 Å². The van der Waals surface area contributed by atoms with Gasteiger partial charge in [-0.3, -0.25) is 4.79 Å². The van der Waals surface area contributed by atoms with Crippen LogP contribution in [0, 0.1) is 0 Å². The number of unbranched alkanes of at least 4 members (excludes halogenated alkanes) is 1. The van der Waals surface area contributed by atoms with E-state index >= 15 is 0 Å². The molecule has 0 unspecified atom stereocenters. The van der Waals surface area contributed by atoms with Gasteiger partial charge in [0.05, 0.1) is 6.61 Å². The third-order valence-electron chi connectivity index (χ3n) is 4.47. The van der Waals surface area contributed by atoms with Gasteiger partial charge in [0.25, 0.3) is 0 Å². The van der Waals surface area contributed by atoms with Gasteiger partial charge in [-0.1, -0.05) is 43.7 Å². The average Bonchev–Trinajstić information content (AvgIpc) is 3.16. The Morgan fingerprint density at radius 2 is 1.96 bits per heavy atom. The Bertz CT molecular complexity index is 635. The molecule has 7 heteroatoms. The lowest BCUT2D eigenvalue weighted by Crippen LogP contribution is -2.50. The Balaban J connectivity index is 1.82. The molecule has 0 spiro atoms. The van der Waals surface area contributed by atoms with Crippen LogP contribution in [0.15, 0.2) is 30.3 Å². The second-order valence-corrected chi connectivity index (χ2v) is 6.64. The van der Waals surface area contributed by atoms with Gasteiger partial charge >= 0.3 is 12.1 Å². The number of nitrogens with zero attached hydrogens (tertiary/aromatic N) is 1. The van der Waals surface area contributed by atoms with Crippen LogP contribution in [0.1, 0.15) is 45.1 Å². The summed E-state index contributed by atoms with van der Waals surface area (Å²) in [6.45, 7) is 4.59. The Hall–Kier alpha value is -2.57. The number of esters is 1. The number of carbonyl (C=O) groups excluding carboxylic acids is 3. The fourth-order valence-corrected chi connectivity index (χ4v) is 2.94. The predicted octanol–water partition coefficient (Wildman–Crippen LogP) is 2.64. The third kappa shape index (κ3) is 6.27. The van der Waals surface area contributed by atoms with Crippen LogP contribution in [0.3, 0.4) is 0 Å². The van der Waals surface area contributed by atoms with Gasteiger partial charge in [-0.15, -0.1) is 0 Å². The summed E-state index contributed by atoms with van der Waals surface area (Å²) >= 11 is 0. The largest absolute Gasteiger partial charge is 0.464 e. The molecule has 1 aliphatic heterocycles. The van der Waals surface area contributed by atoms with Crippen molar-refractivity contribution >= 4 is 18.0 Å². The summed E-state index contributed by atoms with van der Waals surface area (Å²) in [6.07, 6.45) is 2.40. The molecule has 1 aromatic rings. The summed E-state index contributed by atoms with van der Waals surface area (Å²) in [4.78, 5) is 38.3. The number of benzene rings is 1. The van der Waals surface area contributed by atoms with Crippen LogP contribution in [0.25, 0.3) is 0 Å². The van der Waals surface area contributed by atoms with Crippen LogP contribution in [0.5, 0.6) is 0 Å². The van der Waals surface area contributed by atoms with Crippen molar-refractivity contribution in [3.63, 3.8) is 0 Å². The normalized spacial score (nSPS) is 17.3. The highest BCUT2D eigenvalue weighted by Crippen LogP contribution is 2.20. The zero-order valence-electron chi connectivity index (χ0n) is 16.0. The van der Waals surface area contributed by atoms with Gasteiger partial charge in [-0.2, -0.15) is 0 Å². The lowest BCUT2D eigenvalue weighted by Gasteiger charge is -2.26. The summed E-state index contributed by atoms with van der Waals surface area (Å²) in [7, 11) is 0. The van der Waals surface area contributed by atoms with Crippen LogP contribution in [-0.2, 0) is 25.7 Å². The van der Waals surface area contributed by atoms with E-state index in [2.05, 4.69) is 5.32 Å². The highest BCUT2D eigenvalue weighted by molar-refractivity contribution is 5.89. The fraction of sp³-hybridized carbons (Fsp3) is 0.550. The zero-order valence-corrected chi connectivity index (χ0v) is 16.0. The molecule has 2 atom stereocenters. The molecule has 1 saturated heterocycles. The van der Waals surface area contributed by atoms with Gasteiger partial charge in [0.15, 0.2) is 0 Å². The van der Waals surface area contributed by atoms with Crippen LogP contribution >= 0.6 is 0 Å². The van der Waals surface area contributed by atoms with E-state index in [9.17, 15) is 14.4 Å². The summed E-state index contributed by atoms with van der Waals surface area (Å²) in [5, 5.41) is 2.53. The van der Waals surface area contributed by atoms with Crippen LogP contribution < -0.4 is 5.32 Å².